The third-order valence-electron chi connectivity index (χ3n) is 10.00. The van der Waals surface area contributed by atoms with Crippen molar-refractivity contribution in [2.24, 2.45) is 0 Å². The normalized spacial score (nSPS) is 13.0. The van der Waals surface area contributed by atoms with Gasteiger partial charge in [-0.3, -0.25) is 14.4 Å². The number of ether oxygens (including phenoxy) is 3. The van der Waals surface area contributed by atoms with Crippen molar-refractivity contribution in [3.63, 3.8) is 0 Å². The number of allylic oxidation sites excluding steroid dienone is 18. The maximum atomic E-state index is 12.8. The predicted molar refractivity (Wildman–Crippen MR) is 260 cm³/mol. The molecule has 6 nitrogen and oxygen atoms in total. The van der Waals surface area contributed by atoms with E-state index in [0.29, 0.717) is 19.3 Å². The van der Waals surface area contributed by atoms with Crippen LogP contribution in [-0.2, 0) is 28.6 Å². The lowest BCUT2D eigenvalue weighted by Crippen LogP contribution is -2.30. The molecule has 61 heavy (non-hydrogen) atoms. The molecule has 0 rings (SSSR count). The summed E-state index contributed by atoms with van der Waals surface area (Å²) in [6.45, 7) is 6.29. The van der Waals surface area contributed by atoms with E-state index in [1.165, 1.54) is 70.6 Å². The fourth-order valence-electron chi connectivity index (χ4n) is 6.35. The highest BCUT2D eigenvalue weighted by Gasteiger charge is 2.19. The summed E-state index contributed by atoms with van der Waals surface area (Å²) in [4.78, 5) is 37.9. The van der Waals surface area contributed by atoms with Crippen LogP contribution in [0.2, 0.25) is 0 Å². The topological polar surface area (TPSA) is 78.9 Å². The van der Waals surface area contributed by atoms with Crippen molar-refractivity contribution in [3.8, 4) is 0 Å². The van der Waals surface area contributed by atoms with Gasteiger partial charge in [0.15, 0.2) is 6.10 Å². The summed E-state index contributed by atoms with van der Waals surface area (Å²) in [5, 5.41) is 0. The maximum Gasteiger partial charge on any atom is 0.306 e. The van der Waals surface area contributed by atoms with Crippen LogP contribution in [0.1, 0.15) is 201 Å². The van der Waals surface area contributed by atoms with Gasteiger partial charge in [-0.25, -0.2) is 0 Å². The third-order valence-corrected chi connectivity index (χ3v) is 10.00. The second-order valence-electron chi connectivity index (χ2n) is 15.8. The molecule has 0 radical (unpaired) electrons. The lowest BCUT2D eigenvalue weighted by molar-refractivity contribution is -0.167. The van der Waals surface area contributed by atoms with Crippen LogP contribution in [0.3, 0.4) is 0 Å². The Morgan fingerprint density at radius 2 is 0.639 bits per heavy atom. The summed E-state index contributed by atoms with van der Waals surface area (Å²) in [5.74, 6) is -0.964. The lowest BCUT2D eigenvalue weighted by atomic mass is 10.1. The molecule has 1 unspecified atom stereocenters. The van der Waals surface area contributed by atoms with E-state index in [1.807, 2.05) is 60.8 Å². The molecule has 0 saturated heterocycles. The Kier molecular flexibility index (Phi) is 45.6. The first-order valence-electron chi connectivity index (χ1n) is 24.5. The van der Waals surface area contributed by atoms with E-state index in [0.717, 1.165) is 89.9 Å². The van der Waals surface area contributed by atoms with E-state index in [-0.39, 0.29) is 31.1 Å². The quantitative estimate of drug-likeness (QED) is 0.0264. The van der Waals surface area contributed by atoms with E-state index in [1.54, 1.807) is 0 Å². The van der Waals surface area contributed by atoms with Crippen LogP contribution >= 0.6 is 0 Å². The molecule has 0 saturated carbocycles. The molecule has 0 aromatic heterocycles. The second-order valence-corrected chi connectivity index (χ2v) is 15.8. The van der Waals surface area contributed by atoms with Gasteiger partial charge in [0.1, 0.15) is 13.2 Å². The zero-order valence-corrected chi connectivity index (χ0v) is 39.1. The summed E-state index contributed by atoms with van der Waals surface area (Å²) in [6.07, 6.45) is 64.9. The van der Waals surface area contributed by atoms with Gasteiger partial charge in [0.25, 0.3) is 0 Å². The van der Waals surface area contributed by atoms with Crippen molar-refractivity contribution in [2.45, 2.75) is 207 Å². The first-order valence-corrected chi connectivity index (χ1v) is 24.5. The summed E-state index contributed by atoms with van der Waals surface area (Å²) in [5.41, 5.74) is 0. The van der Waals surface area contributed by atoms with Gasteiger partial charge >= 0.3 is 17.9 Å². The molecule has 0 aliphatic heterocycles. The van der Waals surface area contributed by atoms with E-state index in [9.17, 15) is 14.4 Å². The fourth-order valence-corrected chi connectivity index (χ4v) is 6.35. The molecule has 0 aliphatic carbocycles. The Labute approximate surface area is 374 Å². The van der Waals surface area contributed by atoms with E-state index < -0.39 is 6.10 Å². The largest absolute Gasteiger partial charge is 0.462 e. The highest BCUT2D eigenvalue weighted by Crippen LogP contribution is 2.14. The number of carbonyl (C=O) groups is 3. The SMILES string of the molecule is CC\C=C/C=C\C=C/C=C\C=C\C=C/CCCCCC(=O)OCC(COC(=O)CCCCCCCCCCCCC)OC(=O)CCCCCCCCC\C=C/C=C\C=C/CC. The van der Waals surface area contributed by atoms with Crippen LogP contribution in [0.4, 0.5) is 0 Å². The Morgan fingerprint density at radius 1 is 0.344 bits per heavy atom. The Bertz CT molecular complexity index is 1290. The average molecular weight is 845 g/mol. The van der Waals surface area contributed by atoms with Gasteiger partial charge in [-0.05, 0) is 57.8 Å². The van der Waals surface area contributed by atoms with E-state index in [4.69, 9.17) is 14.2 Å². The zero-order chi connectivity index (χ0) is 44.4. The van der Waals surface area contributed by atoms with Crippen LogP contribution < -0.4 is 0 Å². The molecule has 0 spiro atoms. The van der Waals surface area contributed by atoms with Gasteiger partial charge in [0.2, 0.25) is 0 Å². The molecule has 0 fully saturated rings. The van der Waals surface area contributed by atoms with Crippen molar-refractivity contribution in [1.82, 2.24) is 0 Å². The monoisotopic (exact) mass is 845 g/mol. The number of unbranched alkanes of at least 4 members (excludes halogenated alkanes) is 20. The number of hydrogen-bond acceptors (Lipinski definition) is 6. The van der Waals surface area contributed by atoms with Crippen LogP contribution in [0.25, 0.3) is 0 Å². The second kappa shape index (κ2) is 48.7. The minimum atomic E-state index is -0.802. The van der Waals surface area contributed by atoms with Gasteiger partial charge < -0.3 is 14.2 Å². The summed E-state index contributed by atoms with van der Waals surface area (Å²) < 4.78 is 16.7. The van der Waals surface area contributed by atoms with Gasteiger partial charge in [-0.1, -0.05) is 233 Å². The van der Waals surface area contributed by atoms with Crippen LogP contribution in [0.15, 0.2) is 109 Å². The summed E-state index contributed by atoms with van der Waals surface area (Å²) in [6, 6.07) is 0. The molecule has 1 atom stereocenters. The molecule has 0 heterocycles. The molecule has 0 aromatic rings. The Balaban J connectivity index is 4.51. The minimum Gasteiger partial charge on any atom is -0.462 e. The highest BCUT2D eigenvalue weighted by molar-refractivity contribution is 5.71. The molecular formula is C55H88O6. The number of hydrogen-bond donors (Lipinski definition) is 0. The zero-order valence-electron chi connectivity index (χ0n) is 39.1. The fraction of sp³-hybridized carbons (Fsp3) is 0.618. The number of esters is 3. The molecule has 0 amide bonds. The first kappa shape index (κ1) is 57.1. The van der Waals surface area contributed by atoms with Crippen molar-refractivity contribution in [2.75, 3.05) is 13.2 Å². The smallest absolute Gasteiger partial charge is 0.306 e. The van der Waals surface area contributed by atoms with Crippen molar-refractivity contribution in [3.05, 3.63) is 109 Å². The molecule has 0 aliphatic rings. The van der Waals surface area contributed by atoms with E-state index in [2.05, 4.69) is 69.4 Å². The van der Waals surface area contributed by atoms with Crippen LogP contribution in [0, 0.1) is 0 Å². The average Bonchev–Trinajstić information content (AvgIpc) is 3.26. The van der Waals surface area contributed by atoms with Gasteiger partial charge in [0.05, 0.1) is 0 Å². The molecule has 344 valence electrons. The highest BCUT2D eigenvalue weighted by atomic mass is 16.6. The third kappa shape index (κ3) is 47.0. The Morgan fingerprint density at radius 3 is 1.02 bits per heavy atom. The summed E-state index contributed by atoms with van der Waals surface area (Å²) >= 11 is 0. The van der Waals surface area contributed by atoms with Crippen molar-refractivity contribution in [1.29, 1.82) is 0 Å². The number of rotatable bonds is 42. The van der Waals surface area contributed by atoms with Crippen LogP contribution in [0.5, 0.6) is 0 Å². The van der Waals surface area contributed by atoms with Crippen molar-refractivity contribution < 1.29 is 28.6 Å². The van der Waals surface area contributed by atoms with Gasteiger partial charge in [-0.15, -0.1) is 0 Å². The first-order chi connectivity index (χ1) is 30.0. The molecule has 6 heteroatoms. The van der Waals surface area contributed by atoms with E-state index >= 15 is 0 Å². The maximum absolute atomic E-state index is 12.8. The van der Waals surface area contributed by atoms with Gasteiger partial charge in [0, 0.05) is 19.3 Å². The van der Waals surface area contributed by atoms with Crippen LogP contribution in [-0.4, -0.2) is 37.2 Å². The van der Waals surface area contributed by atoms with Crippen molar-refractivity contribution >= 4 is 17.9 Å². The predicted octanol–water partition coefficient (Wildman–Crippen LogP) is 16.0. The lowest BCUT2D eigenvalue weighted by Gasteiger charge is -2.18. The Hall–Kier alpha value is -3.93. The minimum absolute atomic E-state index is 0.0984. The molecule has 0 aromatic carbocycles. The molecule has 0 bridgehead atoms. The molecule has 0 N–H and O–H groups in total. The van der Waals surface area contributed by atoms with Gasteiger partial charge in [-0.2, -0.15) is 0 Å². The standard InChI is InChI=1S/C55H88O6/c1-4-7-10-13-16-19-22-24-26-27-29-30-33-36-39-42-45-48-54(57)60-51-52(50-59-53(56)47-44-41-38-35-32-21-18-15-12-9-6-3)61-55(58)49-46-43-40-37-34-31-28-25-23-20-17-14-11-8-5-2/h7-8,10-11,13-14,16-17,19-20,22-24,26-27,29-30,33,52H,4-6,9,12,15,18,21,25,28,31-32,34-51H2,1-3H3/b10-7-,11-8-,16-13-,17-14-,22-19-,23-20-,26-24-,29-27+,33-30-. The molecular weight excluding hydrogens is 757 g/mol. The summed E-state index contributed by atoms with van der Waals surface area (Å²) in [7, 11) is 0. The number of carbonyl (C=O) groups excluding carboxylic acids is 3.